The van der Waals surface area contributed by atoms with Crippen LogP contribution in [-0.2, 0) is 16.1 Å². The second-order valence-electron chi connectivity index (χ2n) is 9.54. The summed E-state index contributed by atoms with van der Waals surface area (Å²) in [5, 5.41) is 0. The van der Waals surface area contributed by atoms with Crippen molar-refractivity contribution in [2.75, 3.05) is 57.9 Å². The molecule has 1 aromatic heterocycles. The number of ether oxygens (including phenoxy) is 1. The van der Waals surface area contributed by atoms with E-state index in [0.717, 1.165) is 69.4 Å². The molecule has 170 valence electrons. The summed E-state index contributed by atoms with van der Waals surface area (Å²) < 4.78 is 5.20. The lowest BCUT2D eigenvalue weighted by Crippen LogP contribution is -2.50. The van der Waals surface area contributed by atoms with Gasteiger partial charge in [0.1, 0.15) is 0 Å². The van der Waals surface area contributed by atoms with E-state index in [4.69, 9.17) is 4.74 Å². The summed E-state index contributed by atoms with van der Waals surface area (Å²) in [6, 6.07) is 0. The number of allylic oxidation sites excluding steroid dienone is 1. The molecule has 1 spiro atoms. The van der Waals surface area contributed by atoms with E-state index in [2.05, 4.69) is 38.8 Å². The molecule has 3 aliphatic rings. The van der Waals surface area contributed by atoms with Crippen LogP contribution in [0.3, 0.4) is 0 Å². The molecule has 4 heterocycles. The molecule has 0 aromatic carbocycles. The highest BCUT2D eigenvalue weighted by molar-refractivity contribution is 5.83. The van der Waals surface area contributed by atoms with Gasteiger partial charge in [-0.2, -0.15) is 0 Å². The Morgan fingerprint density at radius 1 is 1.10 bits per heavy atom. The van der Waals surface area contributed by atoms with Gasteiger partial charge in [-0.3, -0.25) is 9.69 Å². The minimum absolute atomic E-state index is 0.247. The Balaban J connectivity index is 1.31. The standard InChI is InChI=1S/C24H37N5O2/c1-20-5-11-29(12-6-20)23-25-17-21(18-26-23)19-27-13-8-24(9-14-27)7-3-4-10-28(22(24)30)15-16-31-2/h3-4,17-18,20H,5-16,19H2,1-2H3. The largest absolute Gasteiger partial charge is 0.383 e. The third kappa shape index (κ3) is 5.26. The molecule has 3 aliphatic heterocycles. The monoisotopic (exact) mass is 427 g/mol. The van der Waals surface area contributed by atoms with E-state index >= 15 is 0 Å². The van der Waals surface area contributed by atoms with Crippen molar-refractivity contribution in [1.82, 2.24) is 19.8 Å². The van der Waals surface area contributed by atoms with E-state index in [1.165, 1.54) is 12.8 Å². The average molecular weight is 428 g/mol. The van der Waals surface area contributed by atoms with Gasteiger partial charge in [-0.05, 0) is 51.1 Å². The lowest BCUT2D eigenvalue weighted by Gasteiger charge is -2.42. The number of carbonyl (C=O) groups is 1. The third-order valence-electron chi connectivity index (χ3n) is 7.28. The first-order valence-corrected chi connectivity index (χ1v) is 11.8. The van der Waals surface area contributed by atoms with Crippen LogP contribution in [-0.4, -0.2) is 78.7 Å². The predicted molar refractivity (Wildman–Crippen MR) is 122 cm³/mol. The second kappa shape index (κ2) is 10.1. The van der Waals surface area contributed by atoms with Crippen molar-refractivity contribution in [3.05, 3.63) is 30.1 Å². The van der Waals surface area contributed by atoms with E-state index < -0.39 is 0 Å². The number of hydrogen-bond acceptors (Lipinski definition) is 6. The summed E-state index contributed by atoms with van der Waals surface area (Å²) in [6.45, 7) is 9.11. The first-order valence-electron chi connectivity index (χ1n) is 11.8. The van der Waals surface area contributed by atoms with Gasteiger partial charge in [0, 0.05) is 57.8 Å². The maximum absolute atomic E-state index is 13.3. The van der Waals surface area contributed by atoms with Gasteiger partial charge in [-0.15, -0.1) is 0 Å². The summed E-state index contributed by atoms with van der Waals surface area (Å²) in [5.74, 6) is 1.97. The van der Waals surface area contributed by atoms with E-state index in [0.29, 0.717) is 25.6 Å². The van der Waals surface area contributed by atoms with Gasteiger partial charge in [0.2, 0.25) is 11.9 Å². The Bertz CT molecular complexity index is 750. The predicted octanol–water partition coefficient (Wildman–Crippen LogP) is 2.73. The van der Waals surface area contributed by atoms with Crippen LogP contribution < -0.4 is 4.90 Å². The summed E-state index contributed by atoms with van der Waals surface area (Å²) >= 11 is 0. The highest BCUT2D eigenvalue weighted by Crippen LogP contribution is 2.39. The van der Waals surface area contributed by atoms with E-state index in [-0.39, 0.29) is 5.41 Å². The highest BCUT2D eigenvalue weighted by atomic mass is 16.5. The number of likely N-dealkylation sites (tertiary alicyclic amines) is 1. The Hall–Kier alpha value is -1.99. The Morgan fingerprint density at radius 3 is 2.48 bits per heavy atom. The van der Waals surface area contributed by atoms with Crippen LogP contribution in [0.2, 0.25) is 0 Å². The van der Waals surface area contributed by atoms with Gasteiger partial charge >= 0.3 is 0 Å². The number of carbonyl (C=O) groups excluding carboxylic acids is 1. The van der Waals surface area contributed by atoms with Crippen LogP contribution in [0.15, 0.2) is 24.5 Å². The Labute approximate surface area is 186 Å². The zero-order chi connectivity index (χ0) is 21.7. The van der Waals surface area contributed by atoms with Crippen molar-refractivity contribution in [3.63, 3.8) is 0 Å². The van der Waals surface area contributed by atoms with Gasteiger partial charge in [-0.1, -0.05) is 19.1 Å². The zero-order valence-corrected chi connectivity index (χ0v) is 19.1. The van der Waals surface area contributed by atoms with Crippen LogP contribution in [0.5, 0.6) is 0 Å². The molecule has 4 rings (SSSR count). The molecule has 2 fully saturated rings. The van der Waals surface area contributed by atoms with Gasteiger partial charge in [-0.25, -0.2) is 9.97 Å². The smallest absolute Gasteiger partial charge is 0.229 e. The molecular formula is C24H37N5O2. The second-order valence-corrected chi connectivity index (χ2v) is 9.54. The average Bonchev–Trinajstić information content (AvgIpc) is 2.94. The highest BCUT2D eigenvalue weighted by Gasteiger charge is 2.43. The molecule has 0 unspecified atom stereocenters. The van der Waals surface area contributed by atoms with Crippen molar-refractivity contribution in [3.8, 4) is 0 Å². The van der Waals surface area contributed by atoms with E-state index in [9.17, 15) is 4.79 Å². The number of rotatable bonds is 6. The molecule has 0 N–H and O–H groups in total. The fourth-order valence-corrected chi connectivity index (χ4v) is 5.03. The van der Waals surface area contributed by atoms with Crippen LogP contribution in [0, 0.1) is 11.3 Å². The van der Waals surface area contributed by atoms with Crippen LogP contribution in [0.25, 0.3) is 0 Å². The quantitative estimate of drug-likeness (QED) is 0.651. The minimum atomic E-state index is -0.247. The van der Waals surface area contributed by atoms with Crippen LogP contribution in [0.1, 0.15) is 44.6 Å². The van der Waals surface area contributed by atoms with Gasteiger partial charge in [0.25, 0.3) is 0 Å². The Morgan fingerprint density at radius 2 is 1.81 bits per heavy atom. The number of anilines is 1. The first-order chi connectivity index (χ1) is 15.1. The van der Waals surface area contributed by atoms with Crippen molar-refractivity contribution in [2.45, 2.75) is 45.6 Å². The van der Waals surface area contributed by atoms with E-state index in [1.807, 2.05) is 17.3 Å². The normalized spacial score (nSPS) is 22.8. The first kappa shape index (κ1) is 22.2. The molecule has 1 aromatic rings. The van der Waals surface area contributed by atoms with Crippen LogP contribution >= 0.6 is 0 Å². The molecule has 0 aliphatic carbocycles. The number of hydrogen-bond donors (Lipinski definition) is 0. The summed E-state index contributed by atoms with van der Waals surface area (Å²) in [4.78, 5) is 29.3. The molecule has 0 bridgehead atoms. The third-order valence-corrected chi connectivity index (χ3v) is 7.28. The number of nitrogens with zero attached hydrogens (tertiary/aromatic N) is 5. The van der Waals surface area contributed by atoms with Gasteiger partial charge < -0.3 is 14.5 Å². The van der Waals surface area contributed by atoms with Gasteiger partial charge in [0.15, 0.2) is 0 Å². The number of aromatic nitrogens is 2. The molecule has 0 atom stereocenters. The lowest BCUT2D eigenvalue weighted by molar-refractivity contribution is -0.144. The summed E-state index contributed by atoms with van der Waals surface area (Å²) in [7, 11) is 1.69. The molecule has 0 saturated carbocycles. The molecule has 31 heavy (non-hydrogen) atoms. The molecule has 7 heteroatoms. The number of methoxy groups -OCH3 is 1. The molecule has 7 nitrogen and oxygen atoms in total. The molecule has 2 saturated heterocycles. The molecular weight excluding hydrogens is 390 g/mol. The van der Waals surface area contributed by atoms with Gasteiger partial charge in [0.05, 0.1) is 12.0 Å². The van der Waals surface area contributed by atoms with Crippen molar-refractivity contribution in [2.24, 2.45) is 11.3 Å². The van der Waals surface area contributed by atoms with Crippen LogP contribution in [0.4, 0.5) is 5.95 Å². The summed E-state index contributed by atoms with van der Waals surface area (Å²) in [6.07, 6.45) is 13.4. The summed E-state index contributed by atoms with van der Waals surface area (Å²) in [5.41, 5.74) is 0.905. The number of piperidine rings is 2. The van der Waals surface area contributed by atoms with Crippen molar-refractivity contribution < 1.29 is 9.53 Å². The maximum Gasteiger partial charge on any atom is 0.229 e. The fraction of sp³-hybridized carbons (Fsp3) is 0.708. The zero-order valence-electron chi connectivity index (χ0n) is 19.1. The number of amides is 1. The maximum atomic E-state index is 13.3. The minimum Gasteiger partial charge on any atom is -0.383 e. The van der Waals surface area contributed by atoms with Crippen molar-refractivity contribution >= 4 is 11.9 Å². The molecule has 1 amide bonds. The van der Waals surface area contributed by atoms with Crippen molar-refractivity contribution in [1.29, 1.82) is 0 Å². The van der Waals surface area contributed by atoms with E-state index in [1.54, 1.807) is 7.11 Å². The SMILES string of the molecule is COCCN1CC=CCC2(CCN(Cc3cnc(N4CCC(C)CC4)nc3)CC2)C1=O. The topological polar surface area (TPSA) is 61.8 Å². The molecule has 0 radical (unpaired) electrons. The lowest BCUT2D eigenvalue weighted by atomic mass is 9.74. The Kier molecular flexibility index (Phi) is 7.23. The fourth-order valence-electron chi connectivity index (χ4n) is 5.03.